The van der Waals surface area contributed by atoms with Crippen LogP contribution < -0.4 is 0 Å². The topological polar surface area (TPSA) is 37.4 Å². The fourth-order valence-electron chi connectivity index (χ4n) is 2.68. The Balaban J connectivity index is 1.94. The highest BCUT2D eigenvalue weighted by atomic mass is 16.2. The molecule has 1 aromatic rings. The van der Waals surface area contributed by atoms with Crippen molar-refractivity contribution in [2.24, 2.45) is 5.92 Å². The van der Waals surface area contributed by atoms with Gasteiger partial charge in [-0.3, -0.25) is 9.59 Å². The minimum Gasteiger partial charge on any atom is -0.354 e. The lowest BCUT2D eigenvalue weighted by atomic mass is 10.0. The molecule has 0 atom stereocenters. The highest BCUT2D eigenvalue weighted by Gasteiger charge is 2.34. The molecule has 3 rings (SSSR count). The smallest absolute Gasteiger partial charge is 0.198 e. The zero-order valence-corrected chi connectivity index (χ0v) is 12.2. The van der Waals surface area contributed by atoms with Gasteiger partial charge in [-0.05, 0) is 23.6 Å². The lowest BCUT2D eigenvalue weighted by Gasteiger charge is -2.21. The molecule has 0 spiro atoms. The van der Waals surface area contributed by atoms with Crippen molar-refractivity contribution in [3.8, 4) is 0 Å². The van der Waals surface area contributed by atoms with Crippen molar-refractivity contribution in [2.75, 3.05) is 6.54 Å². The lowest BCUT2D eigenvalue weighted by Crippen LogP contribution is -2.18. The van der Waals surface area contributed by atoms with E-state index in [9.17, 15) is 9.59 Å². The summed E-state index contributed by atoms with van der Waals surface area (Å²) < 4.78 is 0. The molecular weight excluding hydrogens is 262 g/mol. The van der Waals surface area contributed by atoms with Gasteiger partial charge in [-0.2, -0.15) is 0 Å². The molecule has 3 heteroatoms. The molecule has 0 N–H and O–H groups in total. The van der Waals surface area contributed by atoms with Gasteiger partial charge in [-0.25, -0.2) is 0 Å². The van der Waals surface area contributed by atoms with Crippen LogP contribution in [-0.4, -0.2) is 23.0 Å². The van der Waals surface area contributed by atoms with Crippen LogP contribution in [0.5, 0.6) is 0 Å². The molecule has 0 radical (unpaired) electrons. The Kier molecular flexibility index (Phi) is 3.34. The van der Waals surface area contributed by atoms with E-state index in [4.69, 9.17) is 0 Å². The second-order valence-corrected chi connectivity index (χ2v) is 5.76. The largest absolute Gasteiger partial charge is 0.354 e. The number of fused-ring (bicyclic) bond motifs is 1. The van der Waals surface area contributed by atoms with Gasteiger partial charge in [0.15, 0.2) is 11.6 Å². The molecule has 21 heavy (non-hydrogen) atoms. The highest BCUT2D eigenvalue weighted by Crippen LogP contribution is 2.30. The number of allylic oxidation sites excluding steroid dienone is 4. The van der Waals surface area contributed by atoms with E-state index in [1.54, 1.807) is 24.3 Å². The summed E-state index contributed by atoms with van der Waals surface area (Å²) >= 11 is 0. The van der Waals surface area contributed by atoms with E-state index in [2.05, 4.69) is 18.7 Å². The number of rotatable bonds is 2. The van der Waals surface area contributed by atoms with Crippen molar-refractivity contribution in [1.82, 2.24) is 4.90 Å². The highest BCUT2D eigenvalue weighted by molar-refractivity contribution is 6.40. The third kappa shape index (κ3) is 2.35. The molecule has 0 bridgehead atoms. The third-order valence-electron chi connectivity index (χ3n) is 3.63. The number of hydrogen-bond donors (Lipinski definition) is 0. The van der Waals surface area contributed by atoms with Gasteiger partial charge in [-0.1, -0.05) is 38.1 Å². The first-order valence-corrected chi connectivity index (χ1v) is 7.13. The number of Topliss-reactive ketones (excluding diaryl/α,β-unsaturated/α-hetero) is 2. The molecule has 106 valence electrons. The molecule has 0 fully saturated rings. The van der Waals surface area contributed by atoms with Crippen LogP contribution in [0.1, 0.15) is 34.6 Å². The summed E-state index contributed by atoms with van der Waals surface area (Å²) in [4.78, 5) is 26.9. The molecule has 1 aliphatic carbocycles. The van der Waals surface area contributed by atoms with E-state index in [1.165, 1.54) is 0 Å². The number of hydrogen-bond acceptors (Lipinski definition) is 3. The van der Waals surface area contributed by atoms with Crippen molar-refractivity contribution in [3.05, 3.63) is 71.1 Å². The number of ketones is 2. The second kappa shape index (κ2) is 5.17. The maximum atomic E-state index is 12.4. The van der Waals surface area contributed by atoms with Gasteiger partial charge < -0.3 is 4.90 Å². The molecule has 1 aliphatic heterocycles. The minimum absolute atomic E-state index is 0.169. The standard InChI is InChI=1S/C18H17NO2/c1-12(2)11-19-9-7-13(8-10-19)16-17(20)14-5-3-4-6-15(14)18(16)21/h3-10,12H,11H2,1-2H3. The summed E-state index contributed by atoms with van der Waals surface area (Å²) in [6.07, 6.45) is 7.54. The maximum Gasteiger partial charge on any atom is 0.198 e. The molecule has 0 aromatic heterocycles. The SMILES string of the molecule is CC(C)CN1C=CC(=C2C(=O)c3ccccc3C2=O)C=C1. The van der Waals surface area contributed by atoms with Gasteiger partial charge >= 0.3 is 0 Å². The Morgan fingerprint density at radius 1 is 0.952 bits per heavy atom. The molecule has 0 saturated carbocycles. The molecule has 0 saturated heterocycles. The zero-order valence-electron chi connectivity index (χ0n) is 12.2. The van der Waals surface area contributed by atoms with Crippen LogP contribution in [0.2, 0.25) is 0 Å². The van der Waals surface area contributed by atoms with Crippen LogP contribution in [-0.2, 0) is 0 Å². The van der Waals surface area contributed by atoms with Gasteiger partial charge in [0.05, 0.1) is 5.57 Å². The fraction of sp³-hybridized carbons (Fsp3) is 0.222. The minimum atomic E-state index is -0.169. The summed E-state index contributed by atoms with van der Waals surface area (Å²) in [5, 5.41) is 0. The predicted octanol–water partition coefficient (Wildman–Crippen LogP) is 3.36. The molecular formula is C18H17NO2. The lowest BCUT2D eigenvalue weighted by molar-refractivity contribution is 0.0988. The van der Waals surface area contributed by atoms with Crippen LogP contribution >= 0.6 is 0 Å². The van der Waals surface area contributed by atoms with E-state index in [0.29, 0.717) is 22.6 Å². The molecule has 2 aliphatic rings. The molecule has 0 amide bonds. The van der Waals surface area contributed by atoms with Gasteiger partial charge in [0.2, 0.25) is 0 Å². The molecule has 3 nitrogen and oxygen atoms in total. The van der Waals surface area contributed by atoms with E-state index in [0.717, 1.165) is 6.54 Å². The third-order valence-corrected chi connectivity index (χ3v) is 3.63. The number of nitrogens with zero attached hydrogens (tertiary/aromatic N) is 1. The summed E-state index contributed by atoms with van der Waals surface area (Å²) in [5.41, 5.74) is 2.00. The van der Waals surface area contributed by atoms with Crippen LogP contribution in [0.25, 0.3) is 0 Å². The van der Waals surface area contributed by atoms with Crippen molar-refractivity contribution in [1.29, 1.82) is 0 Å². The van der Waals surface area contributed by atoms with E-state index >= 15 is 0 Å². The van der Waals surface area contributed by atoms with Crippen LogP contribution in [0.3, 0.4) is 0 Å². The summed E-state index contributed by atoms with van der Waals surface area (Å²) in [6.45, 7) is 5.21. The number of carbonyl (C=O) groups is 2. The average molecular weight is 279 g/mol. The maximum absolute atomic E-state index is 12.4. The van der Waals surface area contributed by atoms with E-state index in [1.807, 2.05) is 24.6 Å². The number of carbonyl (C=O) groups excluding carboxylic acids is 2. The van der Waals surface area contributed by atoms with Crippen molar-refractivity contribution < 1.29 is 9.59 Å². The van der Waals surface area contributed by atoms with Crippen LogP contribution in [0, 0.1) is 5.92 Å². The average Bonchev–Trinajstić information content (AvgIpc) is 2.72. The van der Waals surface area contributed by atoms with Crippen molar-refractivity contribution >= 4 is 11.6 Å². The van der Waals surface area contributed by atoms with Gasteiger partial charge in [0.1, 0.15) is 0 Å². The Hall–Kier alpha value is -2.42. The van der Waals surface area contributed by atoms with E-state index in [-0.39, 0.29) is 17.1 Å². The first-order chi connectivity index (χ1) is 10.1. The summed E-state index contributed by atoms with van der Waals surface area (Å²) in [5.74, 6) is 0.210. The van der Waals surface area contributed by atoms with Gasteiger partial charge in [-0.15, -0.1) is 0 Å². The second-order valence-electron chi connectivity index (χ2n) is 5.76. The first kappa shape index (κ1) is 13.6. The predicted molar refractivity (Wildman–Crippen MR) is 82.0 cm³/mol. The molecule has 0 unspecified atom stereocenters. The Morgan fingerprint density at radius 2 is 1.48 bits per heavy atom. The van der Waals surface area contributed by atoms with Crippen molar-refractivity contribution in [2.45, 2.75) is 13.8 Å². The monoisotopic (exact) mass is 279 g/mol. The van der Waals surface area contributed by atoms with E-state index < -0.39 is 0 Å². The van der Waals surface area contributed by atoms with Crippen molar-refractivity contribution in [3.63, 3.8) is 0 Å². The zero-order chi connectivity index (χ0) is 15.0. The Morgan fingerprint density at radius 3 is 1.95 bits per heavy atom. The summed E-state index contributed by atoms with van der Waals surface area (Å²) in [6, 6.07) is 7.00. The molecule has 1 heterocycles. The van der Waals surface area contributed by atoms with Gasteiger partial charge in [0.25, 0.3) is 0 Å². The van der Waals surface area contributed by atoms with Crippen LogP contribution in [0.15, 0.2) is 60.0 Å². The fourth-order valence-corrected chi connectivity index (χ4v) is 2.68. The quantitative estimate of drug-likeness (QED) is 0.615. The number of benzene rings is 1. The summed E-state index contributed by atoms with van der Waals surface area (Å²) in [7, 11) is 0. The Bertz CT molecular complexity index is 655. The molecule has 1 aromatic carbocycles. The normalized spacial score (nSPS) is 17.2. The first-order valence-electron chi connectivity index (χ1n) is 7.13. The van der Waals surface area contributed by atoms with Crippen LogP contribution in [0.4, 0.5) is 0 Å². The van der Waals surface area contributed by atoms with Gasteiger partial charge in [0, 0.05) is 30.1 Å². The Labute approximate surface area is 124 Å².